The molecule has 0 radical (unpaired) electrons. The van der Waals surface area contributed by atoms with Crippen molar-refractivity contribution in [2.75, 3.05) is 4.90 Å². The number of fused-ring (bicyclic) bond motifs is 9. The minimum Gasteiger partial charge on any atom is -0.310 e. The molecule has 11 rings (SSSR count). The molecule has 0 saturated carbocycles. The topological polar surface area (TPSA) is 8.17 Å². The first-order valence-corrected chi connectivity index (χ1v) is 19.2. The minimum absolute atomic E-state index is 0.0835. The lowest BCUT2D eigenvalue weighted by Gasteiger charge is -2.26. The second kappa shape index (κ2) is 12.1. The van der Waals surface area contributed by atoms with E-state index in [1.807, 2.05) is 0 Å². The second-order valence-corrected chi connectivity index (χ2v) is 15.4. The van der Waals surface area contributed by atoms with Crippen LogP contribution in [0.1, 0.15) is 25.0 Å². The average Bonchev–Trinajstić information content (AvgIpc) is 3.69. The molecule has 2 heteroatoms. The maximum Gasteiger partial charge on any atom is 0.0542 e. The molecule has 0 fully saturated rings. The van der Waals surface area contributed by atoms with E-state index in [-0.39, 0.29) is 5.41 Å². The Morgan fingerprint density at radius 2 is 1.02 bits per heavy atom. The summed E-state index contributed by atoms with van der Waals surface area (Å²) in [5, 5.41) is 7.55. The van der Waals surface area contributed by atoms with Crippen molar-refractivity contribution in [2.24, 2.45) is 0 Å². The van der Waals surface area contributed by atoms with Gasteiger partial charge in [0.1, 0.15) is 0 Å². The lowest BCUT2D eigenvalue weighted by Crippen LogP contribution is -2.15. The van der Waals surface area contributed by atoms with Gasteiger partial charge in [0, 0.05) is 38.9 Å². The number of anilines is 3. The van der Waals surface area contributed by atoms with Crippen LogP contribution in [-0.2, 0) is 5.41 Å². The number of aromatic nitrogens is 1. The van der Waals surface area contributed by atoms with E-state index in [2.05, 4.69) is 217 Å². The molecule has 1 heterocycles. The fourth-order valence-corrected chi connectivity index (χ4v) is 9.21. The van der Waals surface area contributed by atoms with Crippen LogP contribution in [0, 0.1) is 0 Å². The van der Waals surface area contributed by atoms with Gasteiger partial charge in [-0.1, -0.05) is 141 Å². The molecule has 0 N–H and O–H groups in total. The first-order valence-electron chi connectivity index (χ1n) is 19.2. The van der Waals surface area contributed by atoms with Crippen LogP contribution in [0.2, 0.25) is 0 Å². The standard InChI is InChI=1S/C53H38N2/c1-53(2)48-30-24-37-13-8-9-17-44(37)52(48)46-29-23-39(33-49(46)53)36-20-25-41(26-21-36)54(42-27-22-35-12-6-7-14-38(35)32-42)43-28-31-51-47(34-43)45-18-10-11-19-50(45)55(51)40-15-4-3-5-16-40/h3-34H,1-2H3. The highest BCUT2D eigenvalue weighted by atomic mass is 15.1. The molecule has 260 valence electrons. The summed E-state index contributed by atoms with van der Waals surface area (Å²) in [4.78, 5) is 2.40. The van der Waals surface area contributed by atoms with Gasteiger partial charge in [-0.15, -0.1) is 0 Å². The van der Waals surface area contributed by atoms with Gasteiger partial charge in [0.05, 0.1) is 11.0 Å². The lowest BCUT2D eigenvalue weighted by atomic mass is 9.81. The monoisotopic (exact) mass is 702 g/mol. The molecule has 1 aliphatic rings. The van der Waals surface area contributed by atoms with Crippen LogP contribution >= 0.6 is 0 Å². The van der Waals surface area contributed by atoms with Crippen molar-refractivity contribution in [3.8, 4) is 27.9 Å². The number of hydrogen-bond donors (Lipinski definition) is 0. The molecular weight excluding hydrogens is 665 g/mol. The molecule has 0 saturated heterocycles. The van der Waals surface area contributed by atoms with Crippen LogP contribution in [0.3, 0.4) is 0 Å². The van der Waals surface area contributed by atoms with Gasteiger partial charge in [0.25, 0.3) is 0 Å². The van der Waals surface area contributed by atoms with Gasteiger partial charge in [-0.05, 0) is 122 Å². The first-order chi connectivity index (χ1) is 27.0. The highest BCUT2D eigenvalue weighted by molar-refractivity contribution is 6.11. The van der Waals surface area contributed by atoms with Gasteiger partial charge in [0.2, 0.25) is 0 Å². The molecule has 0 unspecified atom stereocenters. The first kappa shape index (κ1) is 31.6. The Labute approximate surface area is 321 Å². The minimum atomic E-state index is -0.0835. The van der Waals surface area contributed by atoms with Crippen LogP contribution < -0.4 is 4.90 Å². The van der Waals surface area contributed by atoms with Crippen LogP contribution in [0.5, 0.6) is 0 Å². The fraction of sp³-hybridized carbons (Fsp3) is 0.0566. The molecule has 0 spiro atoms. The summed E-state index contributed by atoms with van der Waals surface area (Å²) >= 11 is 0. The number of rotatable bonds is 5. The molecular formula is C53H38N2. The summed E-state index contributed by atoms with van der Waals surface area (Å²) in [7, 11) is 0. The molecule has 0 aliphatic heterocycles. The predicted octanol–water partition coefficient (Wildman–Crippen LogP) is 14.5. The number of hydrogen-bond acceptors (Lipinski definition) is 1. The van der Waals surface area contributed by atoms with Crippen LogP contribution in [0.25, 0.3) is 71.3 Å². The predicted molar refractivity (Wildman–Crippen MR) is 233 cm³/mol. The van der Waals surface area contributed by atoms with Gasteiger partial charge in [-0.25, -0.2) is 0 Å². The molecule has 0 bridgehead atoms. The van der Waals surface area contributed by atoms with Crippen molar-refractivity contribution < 1.29 is 0 Å². The van der Waals surface area contributed by atoms with Crippen molar-refractivity contribution in [2.45, 2.75) is 19.3 Å². The van der Waals surface area contributed by atoms with Crippen molar-refractivity contribution in [3.05, 3.63) is 205 Å². The Kier molecular flexibility index (Phi) is 6.93. The second-order valence-electron chi connectivity index (χ2n) is 15.4. The molecule has 1 aromatic heterocycles. The molecule has 0 atom stereocenters. The third-order valence-electron chi connectivity index (χ3n) is 11.9. The highest BCUT2D eigenvalue weighted by Crippen LogP contribution is 2.52. The molecule has 55 heavy (non-hydrogen) atoms. The Morgan fingerprint density at radius 1 is 0.400 bits per heavy atom. The normalized spacial score (nSPS) is 13.1. The highest BCUT2D eigenvalue weighted by Gasteiger charge is 2.36. The number of nitrogens with zero attached hydrogens (tertiary/aromatic N) is 2. The van der Waals surface area contributed by atoms with Crippen molar-refractivity contribution in [3.63, 3.8) is 0 Å². The van der Waals surface area contributed by atoms with Crippen LogP contribution in [0.15, 0.2) is 194 Å². The largest absolute Gasteiger partial charge is 0.310 e. The van der Waals surface area contributed by atoms with Gasteiger partial charge >= 0.3 is 0 Å². The van der Waals surface area contributed by atoms with Gasteiger partial charge < -0.3 is 9.47 Å². The molecule has 1 aliphatic carbocycles. The van der Waals surface area contributed by atoms with E-state index in [0.29, 0.717) is 0 Å². The number of benzene rings is 9. The number of para-hydroxylation sites is 2. The van der Waals surface area contributed by atoms with Gasteiger partial charge in [0.15, 0.2) is 0 Å². The Bertz CT molecular complexity index is 3110. The molecule has 9 aromatic carbocycles. The zero-order valence-corrected chi connectivity index (χ0v) is 30.9. The molecule has 10 aromatic rings. The van der Waals surface area contributed by atoms with Crippen molar-refractivity contribution in [1.29, 1.82) is 0 Å². The Hall–Kier alpha value is -6.90. The summed E-state index contributed by atoms with van der Waals surface area (Å²) in [6.07, 6.45) is 0. The average molecular weight is 703 g/mol. The zero-order valence-electron chi connectivity index (χ0n) is 30.9. The summed E-state index contributed by atoms with van der Waals surface area (Å²) in [6.45, 7) is 4.74. The SMILES string of the molecule is CC1(C)c2cc(-c3ccc(N(c4ccc5ccccc5c4)c4ccc5c(c4)c4ccccc4n5-c4ccccc4)cc3)ccc2-c2c1ccc1ccccc21. The molecule has 0 amide bonds. The van der Waals surface area contributed by atoms with E-state index < -0.39 is 0 Å². The maximum absolute atomic E-state index is 2.43. The Morgan fingerprint density at radius 3 is 1.85 bits per heavy atom. The zero-order chi connectivity index (χ0) is 36.7. The van der Waals surface area contributed by atoms with E-state index in [0.717, 1.165) is 22.7 Å². The summed E-state index contributed by atoms with van der Waals surface area (Å²) in [5.74, 6) is 0. The quantitative estimate of drug-likeness (QED) is 0.173. The molecule has 2 nitrogen and oxygen atoms in total. The third-order valence-corrected chi connectivity index (χ3v) is 11.9. The summed E-state index contributed by atoms with van der Waals surface area (Å²) in [5.41, 5.74) is 14.8. The van der Waals surface area contributed by atoms with Gasteiger partial charge in [-0.3, -0.25) is 0 Å². The van der Waals surface area contributed by atoms with Crippen molar-refractivity contribution >= 4 is 60.4 Å². The third kappa shape index (κ3) is 4.88. The van der Waals surface area contributed by atoms with E-state index in [9.17, 15) is 0 Å². The fourth-order valence-electron chi connectivity index (χ4n) is 9.21. The van der Waals surface area contributed by atoms with E-state index in [1.54, 1.807) is 0 Å². The summed E-state index contributed by atoms with van der Waals surface area (Å²) < 4.78 is 2.38. The van der Waals surface area contributed by atoms with Gasteiger partial charge in [-0.2, -0.15) is 0 Å². The lowest BCUT2D eigenvalue weighted by molar-refractivity contribution is 0.661. The maximum atomic E-state index is 2.43. The van der Waals surface area contributed by atoms with E-state index >= 15 is 0 Å². The van der Waals surface area contributed by atoms with Crippen LogP contribution in [-0.4, -0.2) is 4.57 Å². The van der Waals surface area contributed by atoms with Crippen LogP contribution in [0.4, 0.5) is 17.1 Å². The van der Waals surface area contributed by atoms with E-state index in [4.69, 9.17) is 0 Å². The summed E-state index contributed by atoms with van der Waals surface area (Å²) in [6, 6.07) is 71.4. The van der Waals surface area contributed by atoms with E-state index in [1.165, 1.54) is 76.7 Å². The van der Waals surface area contributed by atoms with Crippen molar-refractivity contribution in [1.82, 2.24) is 4.57 Å². The Balaban J connectivity index is 1.04. The smallest absolute Gasteiger partial charge is 0.0542 e.